The number of ether oxygens (including phenoxy) is 1. The second-order valence-corrected chi connectivity index (χ2v) is 5.16. The van der Waals surface area contributed by atoms with Gasteiger partial charge >= 0.3 is 5.97 Å². The van der Waals surface area contributed by atoms with Crippen molar-refractivity contribution in [1.29, 1.82) is 0 Å². The minimum atomic E-state index is -0.417. The number of anilines is 1. The summed E-state index contributed by atoms with van der Waals surface area (Å²) in [7, 11) is 1.33. The molecule has 0 unspecified atom stereocenters. The number of carbonyl (C=O) groups excluding carboxylic acids is 2. The lowest BCUT2D eigenvalue weighted by Crippen LogP contribution is -2.25. The summed E-state index contributed by atoms with van der Waals surface area (Å²) in [6, 6.07) is 3.50. The monoisotopic (exact) mass is 288 g/mol. The topological polar surface area (TPSA) is 68.3 Å². The normalized spacial score (nSPS) is 15.9. The Kier molecular flexibility index (Phi) is 5.49. The van der Waals surface area contributed by atoms with Crippen LogP contribution in [0.5, 0.6) is 0 Å². The lowest BCUT2D eigenvalue weighted by molar-refractivity contribution is -0.134. The Labute approximate surface area is 124 Å². The second-order valence-electron chi connectivity index (χ2n) is 5.16. The van der Waals surface area contributed by atoms with Crippen LogP contribution in [-0.4, -0.2) is 24.0 Å². The quantitative estimate of drug-likeness (QED) is 0.683. The van der Waals surface area contributed by atoms with Gasteiger partial charge in [0.05, 0.1) is 7.11 Å². The molecule has 1 aliphatic carbocycles. The van der Waals surface area contributed by atoms with Gasteiger partial charge in [0.2, 0.25) is 5.91 Å². The number of hydrogen-bond acceptors (Lipinski definition) is 4. The number of hydrogen-bond donors (Lipinski definition) is 1. The Bertz CT molecular complexity index is 534. The number of nitrogens with one attached hydrogen (secondary N) is 1. The standard InChI is InChI=1S/C16H20N2O3/c1-21-15(19)8-7-12-9-10-17-14(11-12)18-16(20)13-5-3-2-4-6-13/h7-11,13H,2-6H2,1H3,(H,17,18,20). The van der Waals surface area contributed by atoms with E-state index in [-0.39, 0.29) is 11.8 Å². The van der Waals surface area contributed by atoms with Crippen LogP contribution in [0.3, 0.4) is 0 Å². The van der Waals surface area contributed by atoms with Crippen LogP contribution in [0.2, 0.25) is 0 Å². The van der Waals surface area contributed by atoms with E-state index >= 15 is 0 Å². The summed E-state index contributed by atoms with van der Waals surface area (Å²) >= 11 is 0. The van der Waals surface area contributed by atoms with E-state index in [0.717, 1.165) is 31.2 Å². The van der Waals surface area contributed by atoms with Gasteiger partial charge in [0.25, 0.3) is 0 Å². The van der Waals surface area contributed by atoms with E-state index in [2.05, 4.69) is 15.0 Å². The molecule has 1 aliphatic rings. The molecule has 112 valence electrons. The van der Waals surface area contributed by atoms with E-state index < -0.39 is 5.97 Å². The molecule has 1 heterocycles. The zero-order valence-corrected chi connectivity index (χ0v) is 12.2. The predicted octanol–water partition coefficient (Wildman–Crippen LogP) is 2.79. The SMILES string of the molecule is COC(=O)C=Cc1ccnc(NC(=O)C2CCCCC2)c1. The average Bonchev–Trinajstić information content (AvgIpc) is 2.53. The molecule has 0 radical (unpaired) electrons. The Hall–Kier alpha value is -2.17. The fraction of sp³-hybridized carbons (Fsp3) is 0.438. The van der Waals surface area contributed by atoms with Gasteiger partial charge in [-0.1, -0.05) is 19.3 Å². The van der Waals surface area contributed by atoms with Crippen LogP contribution in [0.1, 0.15) is 37.7 Å². The smallest absolute Gasteiger partial charge is 0.330 e. The number of amides is 1. The third kappa shape index (κ3) is 4.70. The van der Waals surface area contributed by atoms with Crippen LogP contribution in [0.15, 0.2) is 24.4 Å². The number of carbonyl (C=O) groups is 2. The third-order valence-electron chi connectivity index (χ3n) is 3.62. The highest BCUT2D eigenvalue weighted by Gasteiger charge is 2.21. The Morgan fingerprint density at radius 2 is 2.10 bits per heavy atom. The van der Waals surface area contributed by atoms with Crippen molar-refractivity contribution in [2.75, 3.05) is 12.4 Å². The van der Waals surface area contributed by atoms with Gasteiger partial charge in [-0.2, -0.15) is 0 Å². The van der Waals surface area contributed by atoms with Crippen molar-refractivity contribution in [3.63, 3.8) is 0 Å². The van der Waals surface area contributed by atoms with Gasteiger partial charge in [0, 0.05) is 18.2 Å². The largest absolute Gasteiger partial charge is 0.466 e. The maximum atomic E-state index is 12.1. The van der Waals surface area contributed by atoms with E-state index in [9.17, 15) is 9.59 Å². The maximum Gasteiger partial charge on any atom is 0.330 e. The summed E-state index contributed by atoms with van der Waals surface area (Å²) in [5.41, 5.74) is 0.786. The van der Waals surface area contributed by atoms with E-state index in [1.807, 2.05) is 0 Å². The first-order chi connectivity index (χ1) is 10.2. The molecular weight excluding hydrogens is 268 g/mol. The zero-order chi connectivity index (χ0) is 15.1. The summed E-state index contributed by atoms with van der Waals surface area (Å²) in [5, 5.41) is 2.85. The molecule has 5 heteroatoms. The Balaban J connectivity index is 1.98. The van der Waals surface area contributed by atoms with Gasteiger partial charge in [-0.25, -0.2) is 9.78 Å². The van der Waals surface area contributed by atoms with Gasteiger partial charge in [-0.15, -0.1) is 0 Å². The molecule has 0 spiro atoms. The molecule has 1 fully saturated rings. The van der Waals surface area contributed by atoms with Crippen molar-refractivity contribution in [3.05, 3.63) is 30.0 Å². The van der Waals surface area contributed by atoms with Gasteiger partial charge in [0.1, 0.15) is 5.82 Å². The van der Waals surface area contributed by atoms with Crippen molar-refractivity contribution in [2.45, 2.75) is 32.1 Å². The molecule has 1 N–H and O–H groups in total. The highest BCUT2D eigenvalue weighted by atomic mass is 16.5. The molecule has 21 heavy (non-hydrogen) atoms. The molecule has 5 nitrogen and oxygen atoms in total. The molecule has 0 aromatic carbocycles. The minimum absolute atomic E-state index is 0.0382. The third-order valence-corrected chi connectivity index (χ3v) is 3.62. The number of aromatic nitrogens is 1. The van der Waals surface area contributed by atoms with Gasteiger partial charge in [0.15, 0.2) is 0 Å². The lowest BCUT2D eigenvalue weighted by atomic mass is 9.89. The van der Waals surface area contributed by atoms with E-state index in [1.165, 1.54) is 19.6 Å². The van der Waals surface area contributed by atoms with Crippen molar-refractivity contribution in [2.24, 2.45) is 5.92 Å². The summed E-state index contributed by atoms with van der Waals surface area (Å²) in [5.74, 6) is 0.225. The van der Waals surface area contributed by atoms with Crippen LogP contribution in [0, 0.1) is 5.92 Å². The molecule has 0 saturated heterocycles. The van der Waals surface area contributed by atoms with Gasteiger partial charge < -0.3 is 10.1 Å². The Morgan fingerprint density at radius 1 is 1.33 bits per heavy atom. The molecule has 0 bridgehead atoms. The molecule has 1 amide bonds. The van der Waals surface area contributed by atoms with Crippen LogP contribution >= 0.6 is 0 Å². The highest BCUT2D eigenvalue weighted by molar-refractivity contribution is 5.92. The summed E-state index contributed by atoms with van der Waals surface area (Å²) in [6.45, 7) is 0. The first kappa shape index (κ1) is 15.2. The van der Waals surface area contributed by atoms with Gasteiger partial charge in [-0.3, -0.25) is 4.79 Å². The van der Waals surface area contributed by atoms with Crippen molar-refractivity contribution in [3.8, 4) is 0 Å². The molecule has 0 atom stereocenters. The highest BCUT2D eigenvalue weighted by Crippen LogP contribution is 2.24. The van der Waals surface area contributed by atoms with Crippen LogP contribution in [0.25, 0.3) is 6.08 Å². The summed E-state index contributed by atoms with van der Waals surface area (Å²) in [4.78, 5) is 27.3. The van der Waals surface area contributed by atoms with Crippen molar-refractivity contribution >= 4 is 23.8 Å². The molecule has 0 aliphatic heterocycles. The van der Waals surface area contributed by atoms with Crippen LogP contribution in [-0.2, 0) is 14.3 Å². The summed E-state index contributed by atoms with van der Waals surface area (Å²) in [6.07, 6.45) is 9.93. The van der Waals surface area contributed by atoms with Crippen molar-refractivity contribution < 1.29 is 14.3 Å². The number of methoxy groups -OCH3 is 1. The number of esters is 1. The van der Waals surface area contributed by atoms with Crippen LogP contribution < -0.4 is 5.32 Å². The van der Waals surface area contributed by atoms with E-state index in [4.69, 9.17) is 0 Å². The lowest BCUT2D eigenvalue weighted by Gasteiger charge is -2.20. The number of pyridine rings is 1. The fourth-order valence-corrected chi connectivity index (χ4v) is 2.44. The van der Waals surface area contributed by atoms with E-state index in [0.29, 0.717) is 5.82 Å². The molecular formula is C16H20N2O3. The summed E-state index contributed by atoms with van der Waals surface area (Å²) < 4.78 is 4.53. The molecule has 1 aromatic rings. The number of nitrogens with zero attached hydrogens (tertiary/aromatic N) is 1. The first-order valence-corrected chi connectivity index (χ1v) is 7.22. The average molecular weight is 288 g/mol. The molecule has 2 rings (SSSR count). The fourth-order valence-electron chi connectivity index (χ4n) is 2.44. The van der Waals surface area contributed by atoms with Gasteiger partial charge in [-0.05, 0) is 36.6 Å². The molecule has 1 saturated carbocycles. The Morgan fingerprint density at radius 3 is 2.81 bits per heavy atom. The molecule has 1 aromatic heterocycles. The predicted molar refractivity (Wildman–Crippen MR) is 80.5 cm³/mol. The zero-order valence-electron chi connectivity index (χ0n) is 12.2. The van der Waals surface area contributed by atoms with Crippen molar-refractivity contribution in [1.82, 2.24) is 4.98 Å². The maximum absolute atomic E-state index is 12.1. The first-order valence-electron chi connectivity index (χ1n) is 7.22. The second kappa shape index (κ2) is 7.57. The van der Waals surface area contributed by atoms with Crippen LogP contribution in [0.4, 0.5) is 5.82 Å². The number of rotatable bonds is 4. The van der Waals surface area contributed by atoms with E-state index in [1.54, 1.807) is 24.4 Å². The minimum Gasteiger partial charge on any atom is -0.466 e.